The molecule has 0 spiro atoms. The summed E-state index contributed by atoms with van der Waals surface area (Å²) in [5.41, 5.74) is 1.93. The van der Waals surface area contributed by atoms with E-state index < -0.39 is 0 Å². The molecule has 1 saturated heterocycles. The predicted octanol–water partition coefficient (Wildman–Crippen LogP) is 3.04. The number of anilines is 2. The Morgan fingerprint density at radius 3 is 2.48 bits per heavy atom. The second-order valence-electron chi connectivity index (χ2n) is 5.78. The SMILES string of the molecule is O=C1CCCN1c1ccc(NC(=S)NC2CCCC2)cc1. The standard InChI is InChI=1S/C16H21N3OS/c20-15-6-3-11-19(15)14-9-7-13(8-10-14)18-16(21)17-12-4-1-2-5-12/h7-10,12H,1-6,11H2,(H2,17,18,21). The molecule has 1 aliphatic carbocycles. The van der Waals surface area contributed by atoms with E-state index in [9.17, 15) is 4.79 Å². The molecule has 0 unspecified atom stereocenters. The van der Waals surface area contributed by atoms with Crippen molar-refractivity contribution >= 4 is 34.6 Å². The minimum Gasteiger partial charge on any atom is -0.360 e. The molecule has 3 rings (SSSR count). The molecule has 0 bridgehead atoms. The van der Waals surface area contributed by atoms with Crippen LogP contribution in [0.5, 0.6) is 0 Å². The third kappa shape index (κ3) is 3.53. The Morgan fingerprint density at radius 1 is 1.14 bits per heavy atom. The summed E-state index contributed by atoms with van der Waals surface area (Å²) in [7, 11) is 0. The fraction of sp³-hybridized carbons (Fsp3) is 0.500. The van der Waals surface area contributed by atoms with E-state index in [1.807, 2.05) is 29.2 Å². The maximum absolute atomic E-state index is 11.7. The molecule has 0 radical (unpaired) electrons. The van der Waals surface area contributed by atoms with E-state index in [4.69, 9.17) is 12.2 Å². The van der Waals surface area contributed by atoms with Gasteiger partial charge in [0.15, 0.2) is 5.11 Å². The zero-order chi connectivity index (χ0) is 14.7. The van der Waals surface area contributed by atoms with Crippen LogP contribution in [0.25, 0.3) is 0 Å². The summed E-state index contributed by atoms with van der Waals surface area (Å²) in [6, 6.07) is 8.42. The molecule has 1 aromatic rings. The van der Waals surface area contributed by atoms with Gasteiger partial charge in [-0.3, -0.25) is 4.79 Å². The number of nitrogens with one attached hydrogen (secondary N) is 2. The summed E-state index contributed by atoms with van der Waals surface area (Å²) in [6.45, 7) is 0.827. The van der Waals surface area contributed by atoms with Crippen molar-refractivity contribution < 1.29 is 4.79 Å². The van der Waals surface area contributed by atoms with Crippen LogP contribution in [0.2, 0.25) is 0 Å². The third-order valence-corrected chi connectivity index (χ3v) is 4.42. The van der Waals surface area contributed by atoms with Gasteiger partial charge >= 0.3 is 0 Å². The molecule has 1 amide bonds. The van der Waals surface area contributed by atoms with Crippen LogP contribution >= 0.6 is 12.2 Å². The van der Waals surface area contributed by atoms with E-state index in [0.717, 1.165) is 24.3 Å². The smallest absolute Gasteiger partial charge is 0.227 e. The molecular formula is C16H21N3OS. The Morgan fingerprint density at radius 2 is 1.86 bits per heavy atom. The predicted molar refractivity (Wildman–Crippen MR) is 89.6 cm³/mol. The van der Waals surface area contributed by atoms with Crippen LogP contribution in [-0.4, -0.2) is 23.6 Å². The molecule has 112 valence electrons. The third-order valence-electron chi connectivity index (χ3n) is 4.20. The summed E-state index contributed by atoms with van der Waals surface area (Å²) in [5, 5.41) is 7.26. The lowest BCUT2D eigenvalue weighted by molar-refractivity contribution is -0.117. The van der Waals surface area contributed by atoms with Gasteiger partial charge in [-0.2, -0.15) is 0 Å². The molecule has 0 aromatic heterocycles. The average molecular weight is 303 g/mol. The van der Waals surface area contributed by atoms with E-state index in [1.54, 1.807) is 0 Å². The monoisotopic (exact) mass is 303 g/mol. The second-order valence-corrected chi connectivity index (χ2v) is 6.18. The molecule has 21 heavy (non-hydrogen) atoms. The van der Waals surface area contributed by atoms with E-state index in [0.29, 0.717) is 17.6 Å². The van der Waals surface area contributed by atoms with Gasteiger partial charge in [0.1, 0.15) is 0 Å². The van der Waals surface area contributed by atoms with Gasteiger partial charge in [-0.1, -0.05) is 12.8 Å². The van der Waals surface area contributed by atoms with Gasteiger partial charge in [0.05, 0.1) is 0 Å². The summed E-state index contributed by atoms with van der Waals surface area (Å²) in [4.78, 5) is 13.6. The average Bonchev–Trinajstić information content (AvgIpc) is 3.11. The quantitative estimate of drug-likeness (QED) is 0.843. The fourth-order valence-corrected chi connectivity index (χ4v) is 3.35. The molecule has 4 nitrogen and oxygen atoms in total. The number of hydrogen-bond donors (Lipinski definition) is 2. The molecule has 1 aromatic carbocycles. The molecule has 2 aliphatic rings. The van der Waals surface area contributed by atoms with Crippen molar-refractivity contribution in [2.45, 2.75) is 44.6 Å². The number of nitrogens with zero attached hydrogens (tertiary/aromatic N) is 1. The fourth-order valence-electron chi connectivity index (χ4n) is 3.07. The minimum absolute atomic E-state index is 0.217. The normalized spacial score (nSPS) is 19.0. The Hall–Kier alpha value is -1.62. The van der Waals surface area contributed by atoms with Crippen molar-refractivity contribution in [3.63, 3.8) is 0 Å². The van der Waals surface area contributed by atoms with Crippen LogP contribution in [0.15, 0.2) is 24.3 Å². The first-order chi connectivity index (χ1) is 10.2. The number of benzene rings is 1. The molecule has 5 heteroatoms. The molecule has 2 fully saturated rings. The number of carbonyl (C=O) groups excluding carboxylic acids is 1. The van der Waals surface area contributed by atoms with Crippen molar-refractivity contribution in [2.75, 3.05) is 16.8 Å². The summed E-state index contributed by atoms with van der Waals surface area (Å²) in [5.74, 6) is 0.217. The first-order valence-corrected chi connectivity index (χ1v) is 8.11. The largest absolute Gasteiger partial charge is 0.360 e. The lowest BCUT2D eigenvalue weighted by atomic mass is 10.2. The lowest BCUT2D eigenvalue weighted by Crippen LogP contribution is -2.35. The van der Waals surface area contributed by atoms with Gasteiger partial charge in [-0.25, -0.2) is 0 Å². The van der Waals surface area contributed by atoms with Crippen molar-refractivity contribution in [3.8, 4) is 0 Å². The topological polar surface area (TPSA) is 44.4 Å². The first-order valence-electron chi connectivity index (χ1n) is 7.70. The Kier molecular flexibility index (Phi) is 4.39. The Labute approximate surface area is 130 Å². The van der Waals surface area contributed by atoms with E-state index >= 15 is 0 Å². The van der Waals surface area contributed by atoms with Crippen molar-refractivity contribution in [2.24, 2.45) is 0 Å². The van der Waals surface area contributed by atoms with Crippen molar-refractivity contribution in [3.05, 3.63) is 24.3 Å². The van der Waals surface area contributed by atoms with Gasteiger partial charge < -0.3 is 15.5 Å². The zero-order valence-corrected chi connectivity index (χ0v) is 12.9. The highest BCUT2D eigenvalue weighted by molar-refractivity contribution is 7.80. The molecule has 1 heterocycles. The maximum Gasteiger partial charge on any atom is 0.227 e. The van der Waals surface area contributed by atoms with Crippen molar-refractivity contribution in [1.82, 2.24) is 5.32 Å². The molecule has 0 atom stereocenters. The highest BCUT2D eigenvalue weighted by atomic mass is 32.1. The number of thiocarbonyl (C=S) groups is 1. The zero-order valence-electron chi connectivity index (χ0n) is 12.1. The number of carbonyl (C=O) groups is 1. The minimum atomic E-state index is 0.217. The van der Waals surface area contributed by atoms with Gasteiger partial charge in [0, 0.05) is 30.4 Å². The number of hydrogen-bond acceptors (Lipinski definition) is 2. The van der Waals surface area contributed by atoms with Crippen LogP contribution in [0.1, 0.15) is 38.5 Å². The summed E-state index contributed by atoms with van der Waals surface area (Å²) in [6.07, 6.45) is 6.61. The van der Waals surface area contributed by atoms with Gasteiger partial charge in [-0.05, 0) is 55.7 Å². The Bertz CT molecular complexity index is 523. The second kappa shape index (κ2) is 6.43. The van der Waals surface area contributed by atoms with E-state index in [-0.39, 0.29) is 5.91 Å². The molecule has 1 saturated carbocycles. The van der Waals surface area contributed by atoms with Crippen LogP contribution < -0.4 is 15.5 Å². The van der Waals surface area contributed by atoms with Gasteiger partial charge in [0.2, 0.25) is 5.91 Å². The van der Waals surface area contributed by atoms with Gasteiger partial charge in [0.25, 0.3) is 0 Å². The van der Waals surface area contributed by atoms with Crippen LogP contribution in [-0.2, 0) is 4.79 Å². The molecule has 1 aliphatic heterocycles. The maximum atomic E-state index is 11.7. The van der Waals surface area contributed by atoms with Crippen LogP contribution in [0.3, 0.4) is 0 Å². The van der Waals surface area contributed by atoms with Crippen molar-refractivity contribution in [1.29, 1.82) is 0 Å². The summed E-state index contributed by atoms with van der Waals surface area (Å²) >= 11 is 5.34. The summed E-state index contributed by atoms with van der Waals surface area (Å²) < 4.78 is 0. The first kappa shape index (κ1) is 14.3. The molecular weight excluding hydrogens is 282 g/mol. The van der Waals surface area contributed by atoms with E-state index in [1.165, 1.54) is 25.7 Å². The van der Waals surface area contributed by atoms with Crippen LogP contribution in [0.4, 0.5) is 11.4 Å². The molecule has 2 N–H and O–H groups in total. The van der Waals surface area contributed by atoms with E-state index in [2.05, 4.69) is 10.6 Å². The number of amides is 1. The lowest BCUT2D eigenvalue weighted by Gasteiger charge is -2.18. The van der Waals surface area contributed by atoms with Gasteiger partial charge in [-0.15, -0.1) is 0 Å². The highest BCUT2D eigenvalue weighted by Gasteiger charge is 2.21. The Balaban J connectivity index is 1.56. The number of rotatable bonds is 3. The highest BCUT2D eigenvalue weighted by Crippen LogP contribution is 2.23. The van der Waals surface area contributed by atoms with Crippen LogP contribution in [0, 0.1) is 0 Å².